The van der Waals surface area contributed by atoms with E-state index in [1.165, 1.54) is 12.1 Å². The van der Waals surface area contributed by atoms with Gasteiger partial charge in [0.25, 0.3) is 0 Å². The summed E-state index contributed by atoms with van der Waals surface area (Å²) >= 11 is 7.43. The number of hydrogen-bond acceptors (Lipinski definition) is 7. The Morgan fingerprint density at radius 3 is 2.33 bits per heavy atom. The Bertz CT molecular complexity index is 1600. The van der Waals surface area contributed by atoms with Crippen molar-refractivity contribution in [1.29, 1.82) is 0 Å². The van der Waals surface area contributed by atoms with Gasteiger partial charge in [-0.1, -0.05) is 90.7 Å². The van der Waals surface area contributed by atoms with Crippen LogP contribution >= 0.6 is 24.0 Å². The lowest BCUT2D eigenvalue weighted by molar-refractivity contribution is -0.113. The normalized spacial score (nSPS) is 24.1. The Morgan fingerprint density at radius 2 is 1.64 bits per heavy atom. The molecule has 0 bridgehead atoms. The van der Waals surface area contributed by atoms with Gasteiger partial charge in [0.05, 0.1) is 37.1 Å². The number of rotatable bonds is 9. The molecular weight excluding hydrogens is 610 g/mol. The molecule has 6 atom stereocenters. The summed E-state index contributed by atoms with van der Waals surface area (Å²) in [4.78, 5) is 2.08. The summed E-state index contributed by atoms with van der Waals surface area (Å²) in [5, 5.41) is 42.0. The highest BCUT2D eigenvalue weighted by molar-refractivity contribution is 8.24. The summed E-state index contributed by atoms with van der Waals surface area (Å²) < 4.78 is 20.1. The standard InChI is InChI=1S/C36H36FNO5S2/c37-26-13-10-23(11-14-26)31(41)16-17-34-35(38(36(44)45-34)27-4-2-1-3-5-27)30-15-12-25(18-32(30)42)22-6-8-24(9-7-22)33-20-28(40)19-29(21-39)43-33/h1-15,18,28-29,31,33-35,39-42H,16-17,19-21H2. The van der Waals surface area contributed by atoms with Crippen LogP contribution in [0.15, 0.2) is 97.1 Å². The van der Waals surface area contributed by atoms with Crippen LogP contribution in [0.4, 0.5) is 10.1 Å². The molecule has 2 saturated heterocycles. The molecule has 2 fully saturated rings. The number of hydrogen-bond donors (Lipinski definition) is 4. The maximum atomic E-state index is 13.4. The van der Waals surface area contributed by atoms with Crippen LogP contribution in [0.1, 0.15) is 60.6 Å². The Balaban J connectivity index is 1.25. The number of aliphatic hydroxyl groups is 3. The number of anilines is 1. The number of benzene rings is 4. The molecule has 0 spiro atoms. The second-order valence-corrected chi connectivity index (χ2v) is 13.5. The molecule has 6 unspecified atom stereocenters. The maximum Gasteiger partial charge on any atom is 0.141 e. The molecule has 6 nitrogen and oxygen atoms in total. The average molecular weight is 646 g/mol. The van der Waals surface area contributed by atoms with Crippen molar-refractivity contribution in [2.24, 2.45) is 0 Å². The molecule has 0 radical (unpaired) electrons. The molecule has 6 rings (SSSR count). The van der Waals surface area contributed by atoms with Crippen LogP contribution in [0.2, 0.25) is 0 Å². The van der Waals surface area contributed by atoms with E-state index in [0.29, 0.717) is 35.6 Å². The fraction of sp³-hybridized carbons (Fsp3) is 0.306. The lowest BCUT2D eigenvalue weighted by Crippen LogP contribution is -2.33. The van der Waals surface area contributed by atoms with Gasteiger partial charge in [-0.05, 0) is 65.4 Å². The van der Waals surface area contributed by atoms with Gasteiger partial charge >= 0.3 is 0 Å². The minimum atomic E-state index is -0.748. The molecular formula is C36H36FNO5S2. The van der Waals surface area contributed by atoms with E-state index in [9.17, 15) is 24.8 Å². The van der Waals surface area contributed by atoms with Gasteiger partial charge in [0, 0.05) is 29.3 Å². The van der Waals surface area contributed by atoms with Crippen LogP contribution in [-0.4, -0.2) is 48.8 Å². The molecule has 2 aliphatic heterocycles. The summed E-state index contributed by atoms with van der Waals surface area (Å²) in [6.07, 6.45) is 0.0489. The largest absolute Gasteiger partial charge is 0.508 e. The SMILES string of the molecule is OCC1CC(O)CC(c2ccc(-c3ccc(C4C(CCC(O)c5ccc(F)cc5)SC(=S)N4c4ccccc4)c(O)c3)cc2)O1. The van der Waals surface area contributed by atoms with Crippen LogP contribution in [0.5, 0.6) is 5.75 Å². The lowest BCUT2D eigenvalue weighted by atomic mass is 9.92. The molecule has 45 heavy (non-hydrogen) atoms. The third kappa shape index (κ3) is 7.09. The first-order valence-corrected chi connectivity index (χ1v) is 16.5. The Kier molecular flexibility index (Phi) is 9.84. The van der Waals surface area contributed by atoms with Gasteiger partial charge < -0.3 is 30.1 Å². The number of ether oxygens (including phenoxy) is 1. The fourth-order valence-electron chi connectivity index (χ4n) is 6.30. The molecule has 4 aromatic rings. The van der Waals surface area contributed by atoms with E-state index in [4.69, 9.17) is 17.0 Å². The molecule has 0 amide bonds. The predicted molar refractivity (Wildman–Crippen MR) is 180 cm³/mol. The van der Waals surface area contributed by atoms with Gasteiger partial charge in [-0.2, -0.15) is 0 Å². The zero-order chi connectivity index (χ0) is 31.5. The Labute approximate surface area is 272 Å². The van der Waals surface area contributed by atoms with Crippen molar-refractivity contribution < 1.29 is 29.6 Å². The van der Waals surface area contributed by atoms with Gasteiger partial charge in [0.15, 0.2) is 0 Å². The molecule has 4 N–H and O–H groups in total. The van der Waals surface area contributed by atoms with Gasteiger partial charge in [-0.25, -0.2) is 4.39 Å². The van der Waals surface area contributed by atoms with Crippen molar-refractivity contribution >= 4 is 34.0 Å². The summed E-state index contributed by atoms with van der Waals surface area (Å²) in [5.41, 5.74) is 5.04. The monoisotopic (exact) mass is 645 g/mol. The van der Waals surface area contributed by atoms with Gasteiger partial charge in [-0.15, -0.1) is 0 Å². The maximum absolute atomic E-state index is 13.4. The number of thiocarbonyl (C=S) groups is 1. The lowest BCUT2D eigenvalue weighted by Gasteiger charge is -2.32. The second kappa shape index (κ2) is 14.0. The smallest absolute Gasteiger partial charge is 0.141 e. The van der Waals surface area contributed by atoms with Gasteiger partial charge in [-0.3, -0.25) is 0 Å². The van der Waals surface area contributed by atoms with Crippen LogP contribution in [0, 0.1) is 5.82 Å². The zero-order valence-corrected chi connectivity index (χ0v) is 26.2. The number of aliphatic hydroxyl groups excluding tert-OH is 3. The van der Waals surface area contributed by atoms with Crippen LogP contribution in [-0.2, 0) is 4.74 Å². The van der Waals surface area contributed by atoms with Crippen molar-refractivity contribution in [1.82, 2.24) is 0 Å². The zero-order valence-electron chi connectivity index (χ0n) is 24.6. The van der Waals surface area contributed by atoms with Crippen molar-refractivity contribution in [3.8, 4) is 16.9 Å². The molecule has 4 aromatic carbocycles. The first-order valence-electron chi connectivity index (χ1n) is 15.2. The summed E-state index contributed by atoms with van der Waals surface area (Å²) in [7, 11) is 0. The fourth-order valence-corrected chi connectivity index (χ4v) is 8.13. The summed E-state index contributed by atoms with van der Waals surface area (Å²) in [6, 6.07) is 29.1. The molecule has 0 aromatic heterocycles. The van der Waals surface area contributed by atoms with Crippen molar-refractivity contribution in [2.75, 3.05) is 11.5 Å². The number of nitrogens with zero attached hydrogens (tertiary/aromatic N) is 1. The van der Waals surface area contributed by atoms with Crippen LogP contribution < -0.4 is 4.90 Å². The van der Waals surface area contributed by atoms with Gasteiger partial charge in [0.2, 0.25) is 0 Å². The average Bonchev–Trinajstić information content (AvgIpc) is 3.39. The number of para-hydroxylation sites is 1. The molecule has 234 valence electrons. The van der Waals surface area contributed by atoms with Crippen molar-refractivity contribution in [2.45, 2.75) is 61.4 Å². The van der Waals surface area contributed by atoms with Crippen LogP contribution in [0.25, 0.3) is 11.1 Å². The topological polar surface area (TPSA) is 93.4 Å². The second-order valence-electron chi connectivity index (χ2n) is 11.7. The number of phenolic OH excluding ortho intramolecular Hbond substituents is 1. The third-order valence-corrected chi connectivity index (χ3v) is 10.3. The molecule has 0 saturated carbocycles. The van der Waals surface area contributed by atoms with E-state index in [0.717, 1.165) is 27.9 Å². The van der Waals surface area contributed by atoms with Crippen LogP contribution in [0.3, 0.4) is 0 Å². The highest BCUT2D eigenvalue weighted by Crippen LogP contribution is 2.49. The number of aromatic hydroxyl groups is 1. The number of thioether (sulfide) groups is 1. The predicted octanol–water partition coefficient (Wildman–Crippen LogP) is 7.23. The van der Waals surface area contributed by atoms with Gasteiger partial charge in [0.1, 0.15) is 15.9 Å². The minimum Gasteiger partial charge on any atom is -0.508 e. The highest BCUT2D eigenvalue weighted by Gasteiger charge is 2.41. The third-order valence-electron chi connectivity index (χ3n) is 8.64. The first-order chi connectivity index (χ1) is 21.8. The van der Waals surface area contributed by atoms with E-state index >= 15 is 0 Å². The minimum absolute atomic E-state index is 0.0440. The molecule has 0 aliphatic carbocycles. The summed E-state index contributed by atoms with van der Waals surface area (Å²) in [6.45, 7) is -0.126. The van der Waals surface area contributed by atoms with E-state index in [-0.39, 0.29) is 41.7 Å². The first kappa shape index (κ1) is 31.7. The number of phenols is 1. The Hall–Kier alpha value is -3.31. The summed E-state index contributed by atoms with van der Waals surface area (Å²) in [5.74, 6) is -0.188. The molecule has 9 heteroatoms. The molecule has 2 heterocycles. The number of halogens is 1. The molecule has 2 aliphatic rings. The van der Waals surface area contributed by atoms with E-state index in [1.54, 1.807) is 30.0 Å². The Morgan fingerprint density at radius 1 is 0.933 bits per heavy atom. The van der Waals surface area contributed by atoms with E-state index in [2.05, 4.69) is 4.90 Å². The van der Waals surface area contributed by atoms with Crippen molar-refractivity contribution in [3.05, 3.63) is 120 Å². The van der Waals surface area contributed by atoms with Crippen molar-refractivity contribution in [3.63, 3.8) is 0 Å². The van der Waals surface area contributed by atoms with E-state index < -0.39 is 12.2 Å². The quantitative estimate of drug-likeness (QED) is 0.142. The highest BCUT2D eigenvalue weighted by atomic mass is 32.2. The van der Waals surface area contributed by atoms with E-state index in [1.807, 2.05) is 66.7 Å².